The summed E-state index contributed by atoms with van der Waals surface area (Å²) >= 11 is 0. The zero-order chi connectivity index (χ0) is 103. The summed E-state index contributed by atoms with van der Waals surface area (Å²) < 4.78 is 139. The molecule has 17 heteroatoms. The van der Waals surface area contributed by atoms with Gasteiger partial charge in [0.05, 0.1) is 79.4 Å². The van der Waals surface area contributed by atoms with Crippen molar-refractivity contribution in [2.24, 2.45) is 0 Å². The van der Waals surface area contributed by atoms with Crippen LogP contribution in [-0.2, 0) is 0 Å². The minimum atomic E-state index is -2.48. The lowest BCUT2D eigenvalue weighted by Crippen LogP contribution is -2.42. The smallest absolute Gasteiger partial charge is 0.159 e. The fraction of sp³-hybridized carbons (Fsp3) is 0.273. The van der Waals surface area contributed by atoms with Crippen LogP contribution in [0.2, 0.25) is 0 Å². The van der Waals surface area contributed by atoms with Gasteiger partial charge >= 0.3 is 0 Å². The van der Waals surface area contributed by atoms with Gasteiger partial charge in [-0.1, -0.05) is 225 Å². The third-order valence-electron chi connectivity index (χ3n) is 26.9. The van der Waals surface area contributed by atoms with E-state index in [0.717, 1.165) is 212 Å². The largest absolute Gasteiger partial charge is 0.454 e. The molecule has 13 aromatic carbocycles. The number of para-hydroxylation sites is 11. The quantitative estimate of drug-likeness (QED) is 0.136. The second-order valence-electron chi connectivity index (χ2n) is 35.6. The standard InChI is InChI=1S/3C24H24N2O.C23H23N3O.C21H19N3O.5CH4/c3*1-15(2)25-17(4)26(21-11-7-6-10-20(21)25)23-16(3)13-14-19-18-9-5-8-12-22(18)27-24(19)23;1-14(2)25-16(4)26(23-19(25)9-7-13-24-23)21-15(3)11-12-18-17-8-5-6-10-20(17)27-22(18)21;1-13-10-11-16-15-7-4-5-9-18(15)25-20(16)19(13)24-14(2)23(3)17-8-6-12-22-21(17)24;;;;;/h3*5-15,17H,1-4H3;5-14,16H,1-4H3;4-12,14H,1-3H3;5*1H4/i2*1D3,15D;15D;14D;3D3;;;;;. The van der Waals surface area contributed by atoms with Crippen LogP contribution in [0.15, 0.2) is 314 Å². The summed E-state index contributed by atoms with van der Waals surface area (Å²) in [5.74, 6) is 1.49. The molecule has 7 unspecified atom stereocenters. The number of hydrogen-bond donors (Lipinski definition) is 0. The van der Waals surface area contributed by atoms with Gasteiger partial charge in [0, 0.05) is 110 Å². The monoisotopic (exact) mass is 1850 g/mol. The van der Waals surface area contributed by atoms with E-state index in [9.17, 15) is 0 Å². The third kappa shape index (κ3) is 15.5. The van der Waals surface area contributed by atoms with Crippen LogP contribution in [0.1, 0.15) is 173 Å². The van der Waals surface area contributed by atoms with Crippen molar-refractivity contribution in [3.8, 4) is 0 Å². The Kier molecular flexibility index (Phi) is 22.2. The van der Waals surface area contributed by atoms with Crippen molar-refractivity contribution < 1.29 is 39.9 Å². The van der Waals surface area contributed by atoms with Gasteiger partial charge in [0.1, 0.15) is 58.7 Å². The molecule has 0 bridgehead atoms. The van der Waals surface area contributed by atoms with Crippen molar-refractivity contribution in [2.45, 2.75) is 217 Å². The number of furan rings is 5. The van der Waals surface area contributed by atoms with E-state index in [4.69, 9.17) is 44.9 Å². The van der Waals surface area contributed by atoms with E-state index in [1.54, 1.807) is 28.1 Å². The predicted molar refractivity (Wildman–Crippen MR) is 591 cm³/mol. The van der Waals surface area contributed by atoms with E-state index in [2.05, 4.69) is 153 Å². The Bertz CT molecular complexity index is 7870. The first-order chi connectivity index (χ1) is 69.4. The number of aromatic nitrogens is 2. The number of benzene rings is 13. The number of aryl methyl sites for hydroxylation is 5. The zero-order valence-corrected chi connectivity index (χ0v) is 77.5. The Morgan fingerprint density at radius 2 is 0.471 bits per heavy atom. The number of nitrogens with zero attached hydrogens (tertiary/aromatic N) is 12. The molecule has 0 saturated carbocycles. The van der Waals surface area contributed by atoms with Crippen molar-refractivity contribution in [1.29, 1.82) is 0 Å². The normalized spacial score (nSPS) is 18.8. The first kappa shape index (κ1) is 80.4. The summed E-state index contributed by atoms with van der Waals surface area (Å²) in [4.78, 5) is 29.0. The average Bonchev–Trinajstić information content (AvgIpc) is 1.57. The molecular formula is C121H134N12O5. The molecular weight excluding hydrogens is 1700 g/mol. The number of hydrogen-bond acceptors (Lipinski definition) is 17. The summed E-state index contributed by atoms with van der Waals surface area (Å²) in [5, 5.41) is 10.7. The summed E-state index contributed by atoms with van der Waals surface area (Å²) in [6.07, 6.45) is 2.23. The van der Waals surface area contributed by atoms with Crippen molar-refractivity contribution in [1.82, 2.24) is 9.97 Å². The van der Waals surface area contributed by atoms with Crippen LogP contribution in [0.3, 0.4) is 0 Å². The highest BCUT2D eigenvalue weighted by molar-refractivity contribution is 6.16. The topological polar surface area (TPSA) is 124 Å². The Hall–Kier alpha value is -14.8. The molecule has 0 N–H and O–H groups in total. The van der Waals surface area contributed by atoms with Gasteiger partial charge in [0.2, 0.25) is 0 Å². The fourth-order valence-electron chi connectivity index (χ4n) is 21.2. The molecule has 7 aromatic heterocycles. The van der Waals surface area contributed by atoms with E-state index in [1.165, 1.54) is 18.7 Å². The fourth-order valence-corrected chi connectivity index (χ4v) is 21.2. The van der Waals surface area contributed by atoms with Crippen LogP contribution in [0.5, 0.6) is 0 Å². The highest BCUT2D eigenvalue weighted by atomic mass is 16.3. The maximum Gasteiger partial charge on any atom is 0.159 e. The first-order valence-electron chi connectivity index (χ1n) is 52.0. The Balaban J connectivity index is 0.000000133. The van der Waals surface area contributed by atoms with E-state index in [1.807, 2.05) is 256 Å². The molecule has 0 radical (unpaired) electrons. The number of rotatable bonds is 9. The molecule has 7 atom stereocenters. The lowest BCUT2D eigenvalue weighted by Gasteiger charge is -2.33. The molecule has 0 spiro atoms. The zero-order valence-electron chi connectivity index (χ0n) is 90.5. The van der Waals surface area contributed by atoms with Crippen LogP contribution >= 0.6 is 0 Å². The van der Waals surface area contributed by atoms with Gasteiger partial charge in [0.15, 0.2) is 39.6 Å². The van der Waals surface area contributed by atoms with Gasteiger partial charge in [-0.2, -0.15) is 0 Å². The molecule has 12 heterocycles. The lowest BCUT2D eigenvalue weighted by atomic mass is 10.1. The molecule has 0 saturated heterocycles. The van der Waals surface area contributed by atoms with Gasteiger partial charge in [-0.15, -0.1) is 0 Å². The van der Waals surface area contributed by atoms with Crippen LogP contribution in [0.4, 0.5) is 85.6 Å². The van der Waals surface area contributed by atoms with Crippen molar-refractivity contribution >= 4 is 195 Å². The highest BCUT2D eigenvalue weighted by Crippen LogP contribution is 2.56. The van der Waals surface area contributed by atoms with Crippen molar-refractivity contribution in [3.63, 3.8) is 0 Å². The van der Waals surface area contributed by atoms with Crippen molar-refractivity contribution in [2.75, 3.05) is 56.0 Å². The van der Waals surface area contributed by atoms with Gasteiger partial charge in [-0.3, -0.25) is 0 Å². The second kappa shape index (κ2) is 38.0. The molecule has 5 aliphatic heterocycles. The molecule has 0 amide bonds. The summed E-state index contributed by atoms with van der Waals surface area (Å²) in [5.41, 5.74) is 25.4. The molecule has 17 nitrogen and oxygen atoms in total. The number of anilines is 15. The van der Waals surface area contributed by atoms with Gasteiger partial charge < -0.3 is 71.1 Å². The Labute approximate surface area is 832 Å². The van der Waals surface area contributed by atoms with Gasteiger partial charge in [-0.25, -0.2) is 9.97 Å². The predicted octanol–water partition coefficient (Wildman–Crippen LogP) is 34.2. The van der Waals surface area contributed by atoms with E-state index in [0.29, 0.717) is 11.5 Å². The molecule has 25 rings (SSSR count). The summed E-state index contributed by atoms with van der Waals surface area (Å²) in [6.45, 7) is 23.8. The Morgan fingerprint density at radius 1 is 0.246 bits per heavy atom. The average molecular weight is 1850 g/mol. The molecule has 138 heavy (non-hydrogen) atoms. The number of pyridine rings is 2. The van der Waals surface area contributed by atoms with Crippen LogP contribution in [0.25, 0.3) is 110 Å². The molecule has 20 aromatic rings. The Morgan fingerprint density at radius 3 is 0.754 bits per heavy atom. The molecule has 708 valence electrons. The number of fused-ring (bicyclic) bond motifs is 20. The van der Waals surface area contributed by atoms with E-state index >= 15 is 0 Å². The minimum Gasteiger partial charge on any atom is -0.454 e. The summed E-state index contributed by atoms with van der Waals surface area (Å²) in [7, 11) is 0. The van der Waals surface area contributed by atoms with E-state index < -0.39 is 63.2 Å². The molecule has 5 aliphatic rings. The van der Waals surface area contributed by atoms with Gasteiger partial charge in [-0.05, 0) is 243 Å². The molecule has 0 aliphatic carbocycles. The van der Waals surface area contributed by atoms with Crippen LogP contribution in [-0.4, -0.2) is 71.8 Å². The third-order valence-corrected chi connectivity index (χ3v) is 26.9. The highest BCUT2D eigenvalue weighted by Gasteiger charge is 2.44. The minimum absolute atomic E-state index is 0. The van der Waals surface area contributed by atoms with Crippen LogP contribution in [0, 0.1) is 34.6 Å². The SMILES string of the molecule is C.C.C.C.C.[2H]C(C)(C)N1c2ccccc2N(c2c(C)ccc3c2oc2ccccc23)C1C.[2H]C(C)(C)N1c2cccnc2N(c2c(C)ccc3c2oc2ccccc23)C1C.[2H]C([2H])([2H])C([2H])(C)N1c2ccccc2N(c2c(C)ccc3c2oc2ccccc23)C1C.[2H]C([2H])([2H])C([2H])(C)N1c2ccccc2N(c2c(C)ccc3c2oc2ccccc23)C1C.[2H]C([2H])([2H])N1c2cccnc2N(c2c(C)ccc3c2oc2ccccc23)C1C. The van der Waals surface area contributed by atoms with E-state index in [-0.39, 0.29) is 49.5 Å². The maximum atomic E-state index is 8.81. The van der Waals surface area contributed by atoms with Gasteiger partial charge in [0.25, 0.3) is 0 Å². The second-order valence-corrected chi connectivity index (χ2v) is 35.6. The molecule has 0 fully saturated rings. The van der Waals surface area contributed by atoms with Crippen molar-refractivity contribution in [3.05, 3.63) is 319 Å². The maximum absolute atomic E-state index is 8.81. The van der Waals surface area contributed by atoms with Crippen LogP contribution < -0.4 is 49.0 Å². The lowest BCUT2D eigenvalue weighted by molar-refractivity contribution is 0.602. The summed E-state index contributed by atoms with van der Waals surface area (Å²) in [6, 6.07) is 87.3. The first-order valence-corrected chi connectivity index (χ1v) is 45.5.